The van der Waals surface area contributed by atoms with Crippen molar-refractivity contribution in [2.45, 2.75) is 71.0 Å². The summed E-state index contributed by atoms with van der Waals surface area (Å²) in [5, 5.41) is 13.7. The molecule has 0 bridgehead atoms. The summed E-state index contributed by atoms with van der Waals surface area (Å²) in [6.07, 6.45) is 0.610. The second-order valence-corrected chi connectivity index (χ2v) is 12.3. The number of aromatic nitrogens is 1. The van der Waals surface area contributed by atoms with Crippen molar-refractivity contribution in [2.24, 2.45) is 0 Å². The molecule has 236 valence electrons. The fourth-order valence-corrected chi connectivity index (χ4v) is 6.16. The Hall–Kier alpha value is -2.67. The van der Waals surface area contributed by atoms with Gasteiger partial charge in [0.2, 0.25) is 11.8 Å². The summed E-state index contributed by atoms with van der Waals surface area (Å²) in [7, 11) is 0. The first-order valence-corrected chi connectivity index (χ1v) is 15.5. The second-order valence-electron chi connectivity index (χ2n) is 12.3. The van der Waals surface area contributed by atoms with E-state index in [2.05, 4.69) is 27.0 Å². The third-order valence-corrected chi connectivity index (χ3v) is 8.51. The molecule has 1 amide bonds. The molecule has 0 spiro atoms. The number of fused-ring (bicyclic) bond motifs is 1. The number of hydrogen-bond donors (Lipinski definition) is 2. The Labute approximate surface area is 254 Å². The summed E-state index contributed by atoms with van der Waals surface area (Å²) in [4.78, 5) is 25.3. The molecular weight excluding hydrogens is 553 g/mol. The Morgan fingerprint density at radius 2 is 1.98 bits per heavy atom. The lowest BCUT2D eigenvalue weighted by Crippen LogP contribution is -2.63. The van der Waals surface area contributed by atoms with Crippen LogP contribution in [0.25, 0.3) is 0 Å². The summed E-state index contributed by atoms with van der Waals surface area (Å²) in [5.41, 5.74) is 2.76. The third-order valence-electron chi connectivity index (χ3n) is 8.51. The van der Waals surface area contributed by atoms with Crippen LogP contribution >= 0.6 is 0 Å². The fraction of sp³-hybridized carbons (Fsp3) is 0.625. The zero-order valence-electron chi connectivity index (χ0n) is 25.8. The largest absolute Gasteiger partial charge is 0.474 e. The zero-order valence-corrected chi connectivity index (χ0v) is 25.8. The lowest BCUT2D eigenvalue weighted by molar-refractivity contribution is -0.122. The average molecular weight is 600 g/mol. The van der Waals surface area contributed by atoms with Crippen LogP contribution in [0.15, 0.2) is 30.3 Å². The number of nitrogens with one attached hydrogen (secondary N) is 1. The molecule has 43 heavy (non-hydrogen) atoms. The van der Waals surface area contributed by atoms with Crippen LogP contribution in [-0.4, -0.2) is 115 Å². The molecule has 3 aliphatic heterocycles. The van der Waals surface area contributed by atoms with Crippen LogP contribution in [0.4, 0.5) is 10.1 Å². The van der Waals surface area contributed by atoms with E-state index in [4.69, 9.17) is 14.2 Å². The maximum atomic E-state index is 14.1. The van der Waals surface area contributed by atoms with Gasteiger partial charge in [-0.25, -0.2) is 9.37 Å². The van der Waals surface area contributed by atoms with Gasteiger partial charge in [-0.2, -0.15) is 0 Å². The van der Waals surface area contributed by atoms with E-state index >= 15 is 0 Å². The molecule has 1 aromatic heterocycles. The number of ether oxygens (including phenoxy) is 3. The minimum absolute atomic E-state index is 0.0101. The monoisotopic (exact) mass is 599 g/mol. The van der Waals surface area contributed by atoms with Crippen LogP contribution < -0.4 is 15.0 Å². The van der Waals surface area contributed by atoms with Gasteiger partial charge < -0.3 is 29.5 Å². The maximum Gasteiger partial charge on any atom is 0.241 e. The molecule has 0 radical (unpaired) electrons. The van der Waals surface area contributed by atoms with Gasteiger partial charge in [0.05, 0.1) is 56.9 Å². The highest BCUT2D eigenvalue weighted by atomic mass is 19.1. The fourth-order valence-electron chi connectivity index (χ4n) is 6.16. The first kappa shape index (κ1) is 31.7. The number of hydrogen-bond acceptors (Lipinski definition) is 9. The van der Waals surface area contributed by atoms with Crippen LogP contribution in [0.3, 0.4) is 0 Å². The molecule has 4 heterocycles. The highest BCUT2D eigenvalue weighted by Crippen LogP contribution is 2.35. The van der Waals surface area contributed by atoms with Crippen molar-refractivity contribution < 1.29 is 28.5 Å². The number of rotatable bonds is 10. The Balaban J connectivity index is 1.34. The molecule has 11 heteroatoms. The van der Waals surface area contributed by atoms with Crippen LogP contribution in [0.5, 0.6) is 5.88 Å². The second kappa shape index (κ2) is 14.4. The van der Waals surface area contributed by atoms with Crippen molar-refractivity contribution in [2.75, 3.05) is 64.1 Å². The number of benzene rings is 1. The SMILES string of the molecule is CC(C)OC[C@@H]1COCCN1C[C@H]1CN[C@H](C)CN1CC(=O)N1c2cc(Cc3ccc(F)cc3)c(CO)nc2OC[C@@H]1C. The highest BCUT2D eigenvalue weighted by molar-refractivity contribution is 5.97. The predicted octanol–water partition coefficient (Wildman–Crippen LogP) is 2.21. The Kier molecular flexibility index (Phi) is 10.6. The first-order valence-electron chi connectivity index (χ1n) is 15.5. The van der Waals surface area contributed by atoms with Gasteiger partial charge in [-0.3, -0.25) is 14.6 Å². The average Bonchev–Trinajstić information content (AvgIpc) is 2.98. The maximum absolute atomic E-state index is 14.1. The number of pyridine rings is 1. The van der Waals surface area contributed by atoms with E-state index in [1.54, 1.807) is 17.0 Å². The molecule has 2 N–H and O–H groups in total. The minimum Gasteiger partial charge on any atom is -0.474 e. The van der Waals surface area contributed by atoms with Gasteiger partial charge in [0, 0.05) is 38.3 Å². The quantitative estimate of drug-likeness (QED) is 0.426. The normalized spacial score (nSPS) is 25.0. The van der Waals surface area contributed by atoms with E-state index in [1.165, 1.54) is 12.1 Å². The molecule has 0 unspecified atom stereocenters. The Bertz CT molecular complexity index is 1230. The van der Waals surface area contributed by atoms with Crippen molar-refractivity contribution in [3.8, 4) is 5.88 Å². The van der Waals surface area contributed by atoms with Crippen molar-refractivity contribution in [3.05, 3.63) is 53.0 Å². The zero-order chi connectivity index (χ0) is 30.5. The molecule has 5 rings (SSSR count). The summed E-state index contributed by atoms with van der Waals surface area (Å²) < 4.78 is 31.2. The molecule has 1 aromatic carbocycles. The minimum atomic E-state index is -0.303. The van der Waals surface area contributed by atoms with E-state index < -0.39 is 0 Å². The number of piperazine rings is 1. The summed E-state index contributed by atoms with van der Waals surface area (Å²) >= 11 is 0. The highest BCUT2D eigenvalue weighted by Gasteiger charge is 2.36. The number of morpholine rings is 1. The molecule has 4 atom stereocenters. The summed E-state index contributed by atoms with van der Waals surface area (Å²) in [6.45, 7) is 13.7. The van der Waals surface area contributed by atoms with Crippen molar-refractivity contribution in [1.29, 1.82) is 0 Å². The molecular formula is C32H46FN5O5. The Morgan fingerprint density at radius 3 is 2.72 bits per heavy atom. The first-order chi connectivity index (χ1) is 20.7. The van der Waals surface area contributed by atoms with E-state index in [-0.39, 0.29) is 55.1 Å². The molecule has 10 nitrogen and oxygen atoms in total. The van der Waals surface area contributed by atoms with Gasteiger partial charge in [0.25, 0.3) is 0 Å². The predicted molar refractivity (Wildman–Crippen MR) is 162 cm³/mol. The number of nitrogens with zero attached hydrogens (tertiary/aromatic N) is 4. The van der Waals surface area contributed by atoms with Crippen LogP contribution in [-0.2, 0) is 27.3 Å². The topological polar surface area (TPSA) is 99.6 Å². The lowest BCUT2D eigenvalue weighted by Gasteiger charge is -2.45. The van der Waals surface area contributed by atoms with Crippen molar-refractivity contribution in [1.82, 2.24) is 20.1 Å². The summed E-state index contributed by atoms with van der Waals surface area (Å²) in [6, 6.07) is 8.59. The van der Waals surface area contributed by atoms with Gasteiger partial charge in [-0.15, -0.1) is 0 Å². The molecule has 2 aromatic rings. The van der Waals surface area contributed by atoms with Gasteiger partial charge in [-0.1, -0.05) is 12.1 Å². The van der Waals surface area contributed by atoms with Crippen LogP contribution in [0.1, 0.15) is 44.5 Å². The van der Waals surface area contributed by atoms with E-state index in [9.17, 15) is 14.3 Å². The number of amides is 1. The third kappa shape index (κ3) is 7.89. The molecule has 2 fully saturated rings. The number of halogens is 1. The smallest absolute Gasteiger partial charge is 0.241 e. The van der Waals surface area contributed by atoms with Crippen LogP contribution in [0, 0.1) is 5.82 Å². The van der Waals surface area contributed by atoms with Gasteiger partial charge in [-0.05, 0) is 63.4 Å². The Morgan fingerprint density at radius 1 is 1.19 bits per heavy atom. The van der Waals surface area contributed by atoms with E-state index in [0.717, 1.165) is 37.3 Å². The number of aliphatic hydroxyl groups is 1. The number of anilines is 1. The van der Waals surface area contributed by atoms with Gasteiger partial charge in [0.1, 0.15) is 18.1 Å². The van der Waals surface area contributed by atoms with Crippen LogP contribution in [0.2, 0.25) is 0 Å². The standard InChI is InChI=1S/C32H46FN5O5/c1-21(2)42-20-28-19-41-10-9-36(28)15-27-13-34-22(3)14-37(27)16-31(40)38-23(4)18-43-32-30(38)12-25(29(17-39)35-32)11-24-5-7-26(33)8-6-24/h5-8,12,21-23,27-28,34,39H,9-11,13-20H2,1-4H3/t22-,23+,27-,28+/m1/s1. The molecule has 0 aliphatic carbocycles. The molecule has 2 saturated heterocycles. The summed E-state index contributed by atoms with van der Waals surface area (Å²) in [5.74, 6) is 0.0382. The van der Waals surface area contributed by atoms with Gasteiger partial charge >= 0.3 is 0 Å². The van der Waals surface area contributed by atoms with Gasteiger partial charge in [0.15, 0.2) is 0 Å². The van der Waals surface area contributed by atoms with E-state index in [1.807, 2.05) is 26.8 Å². The lowest BCUT2D eigenvalue weighted by atomic mass is 10.0. The number of aliphatic hydroxyl groups excluding tert-OH is 1. The van der Waals surface area contributed by atoms with Crippen molar-refractivity contribution in [3.63, 3.8) is 0 Å². The van der Waals surface area contributed by atoms with E-state index in [0.29, 0.717) is 50.1 Å². The molecule has 3 aliphatic rings. The number of carbonyl (C=O) groups is 1. The van der Waals surface area contributed by atoms with Crippen molar-refractivity contribution >= 4 is 11.6 Å². The molecule has 0 saturated carbocycles. The number of carbonyl (C=O) groups excluding carboxylic acids is 1.